The number of hydrogen-bond acceptors (Lipinski definition) is 5. The van der Waals surface area contributed by atoms with Crippen molar-refractivity contribution in [1.82, 2.24) is 5.43 Å². The van der Waals surface area contributed by atoms with Crippen molar-refractivity contribution in [1.29, 1.82) is 0 Å². The van der Waals surface area contributed by atoms with Gasteiger partial charge in [0.2, 0.25) is 0 Å². The molecule has 6 nitrogen and oxygen atoms in total. The topological polar surface area (TPSA) is 77.0 Å². The Balaban J connectivity index is 2.55. The van der Waals surface area contributed by atoms with Gasteiger partial charge < -0.3 is 9.47 Å². The Morgan fingerprint density at radius 2 is 2.04 bits per heavy atom. The summed E-state index contributed by atoms with van der Waals surface area (Å²) in [6.07, 6.45) is -0.820. The summed E-state index contributed by atoms with van der Waals surface area (Å²) in [4.78, 5) is 23.2. The molecule has 0 aliphatic carbocycles. The van der Waals surface area contributed by atoms with E-state index in [1.54, 1.807) is 32.9 Å². The third-order valence-electron chi connectivity index (χ3n) is 2.63. The fraction of sp³-hybridized carbons (Fsp3) is 0.400. The third-order valence-corrected chi connectivity index (χ3v) is 3.16. The number of esters is 1. The average Bonchev–Trinajstić information content (AvgIpc) is 2.47. The van der Waals surface area contributed by atoms with Crippen molar-refractivity contribution in [2.24, 2.45) is 5.10 Å². The van der Waals surface area contributed by atoms with E-state index >= 15 is 0 Å². The number of amides is 1. The van der Waals surface area contributed by atoms with E-state index in [0.29, 0.717) is 28.1 Å². The van der Waals surface area contributed by atoms with E-state index in [1.165, 1.54) is 6.07 Å². The van der Waals surface area contributed by atoms with E-state index in [4.69, 9.17) is 32.7 Å². The van der Waals surface area contributed by atoms with Crippen molar-refractivity contribution in [3.8, 4) is 5.75 Å². The highest BCUT2D eigenvalue weighted by Gasteiger charge is 2.16. The predicted molar refractivity (Wildman–Crippen MR) is 89.1 cm³/mol. The highest BCUT2D eigenvalue weighted by Crippen LogP contribution is 2.28. The van der Waals surface area contributed by atoms with Crippen LogP contribution in [0.25, 0.3) is 0 Å². The largest absolute Gasteiger partial charge is 0.479 e. The van der Waals surface area contributed by atoms with Gasteiger partial charge in [0.15, 0.2) is 6.10 Å². The molecule has 1 amide bonds. The van der Waals surface area contributed by atoms with Gasteiger partial charge in [-0.2, -0.15) is 5.10 Å². The van der Waals surface area contributed by atoms with Crippen LogP contribution in [0.1, 0.15) is 27.2 Å². The van der Waals surface area contributed by atoms with Crippen LogP contribution in [0.4, 0.5) is 0 Å². The second kappa shape index (κ2) is 9.37. The van der Waals surface area contributed by atoms with Crippen LogP contribution in [0.15, 0.2) is 23.3 Å². The maximum absolute atomic E-state index is 11.9. The molecule has 0 radical (unpaired) electrons. The van der Waals surface area contributed by atoms with Gasteiger partial charge in [0.05, 0.1) is 18.1 Å². The van der Waals surface area contributed by atoms with Crippen molar-refractivity contribution < 1.29 is 19.1 Å². The van der Waals surface area contributed by atoms with Crippen molar-refractivity contribution in [2.75, 3.05) is 6.61 Å². The van der Waals surface area contributed by atoms with Crippen LogP contribution in [0, 0.1) is 0 Å². The molecule has 0 bridgehead atoms. The number of ether oxygens (including phenoxy) is 2. The molecule has 0 aliphatic heterocycles. The summed E-state index contributed by atoms with van der Waals surface area (Å²) in [6, 6.07) is 4.70. The maximum Gasteiger partial charge on any atom is 0.311 e. The lowest BCUT2D eigenvalue weighted by Crippen LogP contribution is -2.34. The summed E-state index contributed by atoms with van der Waals surface area (Å²) >= 11 is 11.8. The lowest BCUT2D eigenvalue weighted by Gasteiger charge is -2.14. The monoisotopic (exact) mass is 360 g/mol. The molecule has 0 spiro atoms. The van der Waals surface area contributed by atoms with Gasteiger partial charge in [-0.15, -0.1) is 0 Å². The van der Waals surface area contributed by atoms with Gasteiger partial charge in [-0.3, -0.25) is 9.59 Å². The van der Waals surface area contributed by atoms with Crippen LogP contribution in [-0.2, 0) is 14.3 Å². The highest BCUT2D eigenvalue weighted by atomic mass is 35.5. The van der Waals surface area contributed by atoms with E-state index < -0.39 is 18.0 Å². The van der Waals surface area contributed by atoms with Gasteiger partial charge in [-0.1, -0.05) is 23.2 Å². The molecular formula is C15H18Cl2N2O4. The fourth-order valence-corrected chi connectivity index (χ4v) is 1.97. The molecule has 0 heterocycles. The van der Waals surface area contributed by atoms with E-state index in [0.717, 1.165) is 0 Å². The second-order valence-corrected chi connectivity index (χ2v) is 5.48. The van der Waals surface area contributed by atoms with Crippen LogP contribution in [0.2, 0.25) is 10.0 Å². The summed E-state index contributed by atoms with van der Waals surface area (Å²) in [7, 11) is 0. The molecule has 1 aromatic carbocycles. The number of halogens is 2. The Labute approximate surface area is 144 Å². The highest BCUT2D eigenvalue weighted by molar-refractivity contribution is 6.35. The summed E-state index contributed by atoms with van der Waals surface area (Å²) in [5.74, 6) is -0.537. The molecule has 1 atom stereocenters. The fourth-order valence-electron chi connectivity index (χ4n) is 1.52. The SMILES string of the molecule is CCOC(=O)C/C(C)=N/NC(=O)[C@H](C)Oc1ccc(Cl)cc1Cl. The molecular weight excluding hydrogens is 343 g/mol. The van der Waals surface area contributed by atoms with Gasteiger partial charge in [0, 0.05) is 10.7 Å². The van der Waals surface area contributed by atoms with Crippen LogP contribution < -0.4 is 10.2 Å². The van der Waals surface area contributed by atoms with E-state index in [9.17, 15) is 9.59 Å². The standard InChI is InChI=1S/C15H18Cl2N2O4/c1-4-22-14(20)7-9(2)18-19-15(21)10(3)23-13-6-5-11(16)8-12(13)17/h5-6,8,10H,4,7H2,1-3H3,(H,19,21)/b18-9+/t10-/m0/s1. The smallest absolute Gasteiger partial charge is 0.311 e. The molecule has 1 rings (SSSR count). The van der Waals surface area contributed by atoms with Crippen LogP contribution in [0.5, 0.6) is 5.75 Å². The minimum atomic E-state index is -0.826. The normalized spacial score (nSPS) is 12.5. The van der Waals surface area contributed by atoms with Crippen molar-refractivity contribution >= 4 is 40.8 Å². The number of hydrogen-bond donors (Lipinski definition) is 1. The molecule has 0 unspecified atom stereocenters. The zero-order chi connectivity index (χ0) is 17.4. The first kappa shape index (κ1) is 19.3. The molecule has 1 N–H and O–H groups in total. The molecule has 126 valence electrons. The minimum Gasteiger partial charge on any atom is -0.479 e. The van der Waals surface area contributed by atoms with Gasteiger partial charge in [0.1, 0.15) is 5.75 Å². The van der Waals surface area contributed by atoms with Gasteiger partial charge >= 0.3 is 5.97 Å². The van der Waals surface area contributed by atoms with Crippen molar-refractivity contribution in [3.05, 3.63) is 28.2 Å². The van der Waals surface area contributed by atoms with E-state index in [2.05, 4.69) is 10.5 Å². The Kier molecular flexibility index (Phi) is 7.85. The quantitative estimate of drug-likeness (QED) is 0.460. The van der Waals surface area contributed by atoms with Gasteiger partial charge in [0.25, 0.3) is 5.91 Å². The number of carbonyl (C=O) groups is 2. The molecule has 8 heteroatoms. The van der Waals surface area contributed by atoms with Gasteiger partial charge in [-0.05, 0) is 39.0 Å². The Hall–Kier alpha value is -1.79. The molecule has 0 aromatic heterocycles. The number of hydrazone groups is 1. The van der Waals surface area contributed by atoms with E-state index in [1.807, 2.05) is 0 Å². The number of nitrogens with one attached hydrogen (secondary N) is 1. The Bertz CT molecular complexity index is 605. The summed E-state index contributed by atoms with van der Waals surface area (Å²) in [5.41, 5.74) is 2.75. The van der Waals surface area contributed by atoms with Gasteiger partial charge in [-0.25, -0.2) is 5.43 Å². The molecule has 0 aliphatic rings. The van der Waals surface area contributed by atoms with Crippen molar-refractivity contribution in [2.45, 2.75) is 33.3 Å². The first-order valence-electron chi connectivity index (χ1n) is 6.93. The summed E-state index contributed by atoms with van der Waals surface area (Å²) < 4.78 is 10.2. The Morgan fingerprint density at radius 3 is 2.65 bits per heavy atom. The van der Waals surface area contributed by atoms with Crippen LogP contribution in [-0.4, -0.2) is 30.3 Å². The number of carbonyl (C=O) groups excluding carboxylic acids is 2. The first-order valence-corrected chi connectivity index (χ1v) is 7.69. The molecule has 23 heavy (non-hydrogen) atoms. The summed E-state index contributed by atoms with van der Waals surface area (Å²) in [6.45, 7) is 5.17. The average molecular weight is 361 g/mol. The number of nitrogens with zero attached hydrogens (tertiary/aromatic N) is 1. The molecule has 1 aromatic rings. The molecule has 0 saturated carbocycles. The zero-order valence-corrected chi connectivity index (χ0v) is 14.6. The first-order chi connectivity index (χ1) is 10.8. The Morgan fingerprint density at radius 1 is 1.35 bits per heavy atom. The summed E-state index contributed by atoms with van der Waals surface area (Å²) in [5, 5.41) is 4.60. The number of benzene rings is 1. The number of rotatable bonds is 7. The maximum atomic E-state index is 11.9. The van der Waals surface area contributed by atoms with Crippen LogP contribution in [0.3, 0.4) is 0 Å². The van der Waals surface area contributed by atoms with E-state index in [-0.39, 0.29) is 6.42 Å². The molecule has 0 saturated heterocycles. The third kappa shape index (κ3) is 6.88. The van der Waals surface area contributed by atoms with Crippen LogP contribution >= 0.6 is 23.2 Å². The zero-order valence-electron chi connectivity index (χ0n) is 13.1. The second-order valence-electron chi connectivity index (χ2n) is 4.64. The lowest BCUT2D eigenvalue weighted by molar-refractivity contribution is -0.141. The lowest BCUT2D eigenvalue weighted by atomic mass is 10.3. The molecule has 0 fully saturated rings. The minimum absolute atomic E-state index is 0.00632. The van der Waals surface area contributed by atoms with Crippen molar-refractivity contribution in [3.63, 3.8) is 0 Å². The predicted octanol–water partition coefficient (Wildman–Crippen LogP) is 3.21.